The summed E-state index contributed by atoms with van der Waals surface area (Å²) in [7, 11) is -0.688. The standard InChI is InChI=1S/C12H16O6S/c1-17-9-7-11(19(3,15)16)10(18-2)6-8(9)4-5-12(13)14/h6-7H,4-5H2,1-3H3,(H,13,14). The number of carbonyl (C=O) groups is 1. The van der Waals surface area contributed by atoms with Crippen molar-refractivity contribution in [2.75, 3.05) is 20.5 Å². The number of benzene rings is 1. The van der Waals surface area contributed by atoms with Crippen LogP contribution in [0.15, 0.2) is 17.0 Å². The molecule has 0 radical (unpaired) electrons. The molecule has 0 fully saturated rings. The van der Waals surface area contributed by atoms with Crippen molar-refractivity contribution >= 4 is 15.8 Å². The van der Waals surface area contributed by atoms with E-state index in [1.807, 2.05) is 0 Å². The number of carboxylic acids is 1. The quantitative estimate of drug-likeness (QED) is 0.843. The van der Waals surface area contributed by atoms with Crippen LogP contribution in [0, 0.1) is 0 Å². The summed E-state index contributed by atoms with van der Waals surface area (Å²) in [5.74, 6) is -0.417. The maximum atomic E-state index is 11.6. The summed E-state index contributed by atoms with van der Waals surface area (Å²) < 4.78 is 33.4. The third-order valence-corrected chi connectivity index (χ3v) is 3.69. The van der Waals surface area contributed by atoms with Gasteiger partial charge in [-0.2, -0.15) is 0 Å². The minimum atomic E-state index is -3.45. The number of sulfone groups is 1. The molecule has 0 saturated carbocycles. The first-order valence-corrected chi connectivity index (χ1v) is 7.35. The van der Waals surface area contributed by atoms with Gasteiger partial charge in [0, 0.05) is 18.7 Å². The molecule has 6 nitrogen and oxygen atoms in total. The number of hydrogen-bond acceptors (Lipinski definition) is 5. The highest BCUT2D eigenvalue weighted by atomic mass is 32.2. The second kappa shape index (κ2) is 5.92. The van der Waals surface area contributed by atoms with Gasteiger partial charge in [0.05, 0.1) is 14.2 Å². The fourth-order valence-electron chi connectivity index (χ4n) is 1.66. The van der Waals surface area contributed by atoms with E-state index in [0.717, 1.165) is 6.26 Å². The van der Waals surface area contributed by atoms with Crippen LogP contribution in [-0.2, 0) is 21.1 Å². The van der Waals surface area contributed by atoms with Crippen LogP contribution in [0.1, 0.15) is 12.0 Å². The molecule has 0 spiro atoms. The van der Waals surface area contributed by atoms with Crippen molar-refractivity contribution in [3.05, 3.63) is 17.7 Å². The van der Waals surface area contributed by atoms with E-state index in [1.165, 1.54) is 26.4 Å². The van der Waals surface area contributed by atoms with Crippen LogP contribution in [0.3, 0.4) is 0 Å². The minimum absolute atomic E-state index is 0.0194. The molecule has 0 amide bonds. The molecule has 1 N–H and O–H groups in total. The summed E-state index contributed by atoms with van der Waals surface area (Å²) in [4.78, 5) is 10.6. The largest absolute Gasteiger partial charge is 0.496 e. The zero-order valence-electron chi connectivity index (χ0n) is 11.0. The number of ether oxygens (including phenoxy) is 2. The van der Waals surface area contributed by atoms with E-state index < -0.39 is 15.8 Å². The molecule has 0 atom stereocenters. The van der Waals surface area contributed by atoms with Crippen molar-refractivity contribution in [3.63, 3.8) is 0 Å². The molecule has 19 heavy (non-hydrogen) atoms. The van der Waals surface area contributed by atoms with Gasteiger partial charge in [-0.25, -0.2) is 8.42 Å². The number of methoxy groups -OCH3 is 2. The lowest BCUT2D eigenvalue weighted by atomic mass is 10.1. The molecular formula is C12H16O6S. The number of carboxylic acid groups (broad SMARTS) is 1. The number of rotatable bonds is 6. The average Bonchev–Trinajstić information content (AvgIpc) is 2.33. The van der Waals surface area contributed by atoms with Gasteiger partial charge in [-0.05, 0) is 18.1 Å². The third kappa shape index (κ3) is 3.85. The Balaban J connectivity index is 3.31. The highest BCUT2D eigenvalue weighted by Gasteiger charge is 2.18. The number of hydrogen-bond donors (Lipinski definition) is 1. The lowest BCUT2D eigenvalue weighted by molar-refractivity contribution is -0.136. The molecule has 0 aromatic heterocycles. The van der Waals surface area contributed by atoms with Gasteiger partial charge >= 0.3 is 5.97 Å². The second-order valence-corrected chi connectivity index (χ2v) is 5.96. The lowest BCUT2D eigenvalue weighted by Crippen LogP contribution is -2.05. The molecule has 1 aromatic rings. The Kier molecular flexibility index (Phi) is 4.77. The molecule has 0 aliphatic rings. The molecule has 0 aliphatic carbocycles. The zero-order valence-corrected chi connectivity index (χ0v) is 11.8. The third-order valence-electron chi connectivity index (χ3n) is 2.57. The predicted molar refractivity (Wildman–Crippen MR) is 68.6 cm³/mol. The van der Waals surface area contributed by atoms with Crippen LogP contribution in [0.4, 0.5) is 0 Å². The smallest absolute Gasteiger partial charge is 0.303 e. The lowest BCUT2D eigenvalue weighted by Gasteiger charge is -2.13. The number of aliphatic carboxylic acids is 1. The van der Waals surface area contributed by atoms with Crippen molar-refractivity contribution in [2.24, 2.45) is 0 Å². The Bertz CT molecular complexity index is 576. The van der Waals surface area contributed by atoms with Gasteiger partial charge in [-0.1, -0.05) is 0 Å². The zero-order chi connectivity index (χ0) is 14.6. The topological polar surface area (TPSA) is 89.9 Å². The monoisotopic (exact) mass is 288 g/mol. The van der Waals surface area contributed by atoms with E-state index in [4.69, 9.17) is 14.6 Å². The van der Waals surface area contributed by atoms with Crippen LogP contribution in [0.25, 0.3) is 0 Å². The summed E-state index contributed by atoms with van der Waals surface area (Å²) in [6.45, 7) is 0. The van der Waals surface area contributed by atoms with Gasteiger partial charge in [0.1, 0.15) is 16.4 Å². The van der Waals surface area contributed by atoms with Gasteiger partial charge in [-0.3, -0.25) is 4.79 Å². The van der Waals surface area contributed by atoms with E-state index >= 15 is 0 Å². The van der Waals surface area contributed by atoms with Crippen LogP contribution in [0.2, 0.25) is 0 Å². The Hall–Kier alpha value is -1.76. The molecule has 0 bridgehead atoms. The molecule has 7 heteroatoms. The Labute approximate surface area is 111 Å². The van der Waals surface area contributed by atoms with E-state index in [-0.39, 0.29) is 23.5 Å². The van der Waals surface area contributed by atoms with E-state index in [2.05, 4.69) is 0 Å². The fraction of sp³-hybridized carbons (Fsp3) is 0.417. The van der Waals surface area contributed by atoms with Crippen molar-refractivity contribution in [3.8, 4) is 11.5 Å². The molecule has 0 aliphatic heterocycles. The SMILES string of the molecule is COc1cc(S(C)(=O)=O)c(OC)cc1CCC(=O)O. The van der Waals surface area contributed by atoms with Crippen LogP contribution >= 0.6 is 0 Å². The molecule has 1 rings (SSSR count). The van der Waals surface area contributed by atoms with Gasteiger partial charge in [0.15, 0.2) is 9.84 Å². The van der Waals surface area contributed by atoms with Crippen molar-refractivity contribution in [1.29, 1.82) is 0 Å². The van der Waals surface area contributed by atoms with Gasteiger partial charge in [-0.15, -0.1) is 0 Å². The molecule has 0 heterocycles. The summed E-state index contributed by atoms with van der Waals surface area (Å²) in [6.07, 6.45) is 1.23. The highest BCUT2D eigenvalue weighted by Crippen LogP contribution is 2.32. The van der Waals surface area contributed by atoms with Crippen molar-refractivity contribution in [2.45, 2.75) is 17.7 Å². The fourth-order valence-corrected chi connectivity index (χ4v) is 2.49. The minimum Gasteiger partial charge on any atom is -0.496 e. The Morgan fingerprint density at radius 2 is 1.79 bits per heavy atom. The van der Waals surface area contributed by atoms with Gasteiger partial charge in [0.25, 0.3) is 0 Å². The Morgan fingerprint density at radius 1 is 1.21 bits per heavy atom. The summed E-state index contributed by atoms with van der Waals surface area (Å²) in [6, 6.07) is 2.85. The van der Waals surface area contributed by atoms with Crippen LogP contribution in [0.5, 0.6) is 11.5 Å². The van der Waals surface area contributed by atoms with E-state index in [1.54, 1.807) is 0 Å². The van der Waals surface area contributed by atoms with Crippen LogP contribution < -0.4 is 9.47 Å². The predicted octanol–water partition coefficient (Wildman–Crippen LogP) is 1.12. The first-order chi connectivity index (χ1) is 8.79. The highest BCUT2D eigenvalue weighted by molar-refractivity contribution is 7.90. The second-order valence-electron chi connectivity index (χ2n) is 3.98. The first kappa shape index (κ1) is 15.3. The first-order valence-electron chi connectivity index (χ1n) is 5.46. The van der Waals surface area contributed by atoms with Gasteiger partial charge < -0.3 is 14.6 Å². The van der Waals surface area contributed by atoms with Crippen LogP contribution in [-0.4, -0.2) is 40.0 Å². The molecular weight excluding hydrogens is 272 g/mol. The normalized spacial score (nSPS) is 11.1. The Morgan fingerprint density at radius 3 is 2.21 bits per heavy atom. The van der Waals surface area contributed by atoms with Crippen molar-refractivity contribution in [1.82, 2.24) is 0 Å². The maximum Gasteiger partial charge on any atom is 0.303 e. The van der Waals surface area contributed by atoms with E-state index in [9.17, 15) is 13.2 Å². The molecule has 106 valence electrons. The number of aryl methyl sites for hydroxylation is 1. The van der Waals surface area contributed by atoms with E-state index in [0.29, 0.717) is 11.3 Å². The summed E-state index contributed by atoms with van der Waals surface area (Å²) >= 11 is 0. The van der Waals surface area contributed by atoms with Crippen molar-refractivity contribution < 1.29 is 27.8 Å². The maximum absolute atomic E-state index is 11.6. The molecule has 0 saturated heterocycles. The molecule has 1 aromatic carbocycles. The molecule has 0 unspecified atom stereocenters. The average molecular weight is 288 g/mol. The summed E-state index contributed by atoms with van der Waals surface area (Å²) in [5.41, 5.74) is 0.592. The van der Waals surface area contributed by atoms with Gasteiger partial charge in [0.2, 0.25) is 0 Å². The summed E-state index contributed by atoms with van der Waals surface area (Å²) in [5, 5.41) is 8.68.